The summed E-state index contributed by atoms with van der Waals surface area (Å²) in [5, 5.41) is 0. The van der Waals surface area contributed by atoms with E-state index in [0.29, 0.717) is 31.0 Å². The molecule has 0 spiro atoms. The Balaban J connectivity index is 1.91. The van der Waals surface area contributed by atoms with Crippen molar-refractivity contribution in [3.8, 4) is 11.5 Å². The van der Waals surface area contributed by atoms with Crippen LogP contribution in [0, 0.1) is 0 Å². The van der Waals surface area contributed by atoms with E-state index >= 15 is 0 Å². The lowest BCUT2D eigenvalue weighted by atomic mass is 9.97. The highest BCUT2D eigenvalue weighted by Gasteiger charge is 2.32. The Kier molecular flexibility index (Phi) is 6.03. The van der Waals surface area contributed by atoms with Gasteiger partial charge in [-0.1, -0.05) is 18.2 Å². The van der Waals surface area contributed by atoms with Crippen molar-refractivity contribution in [2.75, 3.05) is 39.4 Å². The summed E-state index contributed by atoms with van der Waals surface area (Å²) >= 11 is 0. The molecule has 2 aromatic carbocycles. The normalized spacial score (nSPS) is 12.8. The number of rotatable bonds is 6. The standard InChI is InChI=1S/C21H23NO6/c1-25-16-7-4-14(5-8-16)13-22-10-11-28-18-9-6-15(12-17(18)22)19(20(23)26-2)21(24)27-3/h4-9,12,19H,10-11,13H2,1-3H3. The molecule has 3 rings (SSSR count). The average molecular weight is 385 g/mol. The molecule has 0 amide bonds. The number of hydrogen-bond acceptors (Lipinski definition) is 7. The predicted octanol–water partition coefficient (Wildman–Crippen LogP) is 2.52. The van der Waals surface area contributed by atoms with Crippen LogP contribution in [0.25, 0.3) is 0 Å². The second-order valence-electron chi connectivity index (χ2n) is 6.32. The van der Waals surface area contributed by atoms with Crippen molar-refractivity contribution in [3.05, 3.63) is 53.6 Å². The predicted molar refractivity (Wildman–Crippen MR) is 103 cm³/mol. The average Bonchev–Trinajstić information content (AvgIpc) is 2.74. The maximum absolute atomic E-state index is 12.1. The molecule has 1 aliphatic rings. The van der Waals surface area contributed by atoms with Crippen LogP contribution < -0.4 is 14.4 Å². The summed E-state index contributed by atoms with van der Waals surface area (Å²) in [5.41, 5.74) is 2.43. The van der Waals surface area contributed by atoms with Gasteiger partial charge in [0.05, 0.1) is 33.6 Å². The van der Waals surface area contributed by atoms with E-state index in [1.807, 2.05) is 24.3 Å². The van der Waals surface area contributed by atoms with E-state index in [0.717, 1.165) is 17.0 Å². The van der Waals surface area contributed by atoms with E-state index in [4.69, 9.17) is 18.9 Å². The summed E-state index contributed by atoms with van der Waals surface area (Å²) < 4.78 is 20.5. The molecule has 0 N–H and O–H groups in total. The third kappa shape index (κ3) is 4.03. The van der Waals surface area contributed by atoms with Crippen molar-refractivity contribution >= 4 is 17.6 Å². The van der Waals surface area contributed by atoms with Crippen LogP contribution in [0.3, 0.4) is 0 Å². The van der Waals surface area contributed by atoms with Crippen molar-refractivity contribution in [1.29, 1.82) is 0 Å². The van der Waals surface area contributed by atoms with E-state index in [1.165, 1.54) is 14.2 Å². The molecule has 0 unspecified atom stereocenters. The van der Waals surface area contributed by atoms with Crippen LogP contribution in [-0.4, -0.2) is 46.4 Å². The molecule has 0 aromatic heterocycles. The van der Waals surface area contributed by atoms with Gasteiger partial charge in [0.2, 0.25) is 0 Å². The Bertz CT molecular complexity index is 832. The van der Waals surface area contributed by atoms with Crippen LogP contribution in [-0.2, 0) is 25.6 Å². The Morgan fingerprint density at radius 1 is 1.04 bits per heavy atom. The van der Waals surface area contributed by atoms with Crippen molar-refractivity contribution in [1.82, 2.24) is 0 Å². The molecule has 1 aliphatic heterocycles. The van der Waals surface area contributed by atoms with E-state index in [2.05, 4.69) is 4.90 Å². The van der Waals surface area contributed by atoms with E-state index in [-0.39, 0.29) is 0 Å². The van der Waals surface area contributed by atoms with Gasteiger partial charge in [-0.05, 0) is 35.4 Å². The number of methoxy groups -OCH3 is 3. The zero-order valence-electron chi connectivity index (χ0n) is 16.1. The largest absolute Gasteiger partial charge is 0.497 e. The van der Waals surface area contributed by atoms with Crippen LogP contribution in [0.1, 0.15) is 17.0 Å². The minimum absolute atomic E-state index is 0.502. The Morgan fingerprint density at radius 3 is 2.32 bits per heavy atom. The van der Waals surface area contributed by atoms with Gasteiger partial charge in [0.1, 0.15) is 18.1 Å². The molecule has 7 heteroatoms. The molecule has 2 aromatic rings. The Hall–Kier alpha value is -3.22. The van der Waals surface area contributed by atoms with Gasteiger partial charge in [-0.15, -0.1) is 0 Å². The number of carbonyl (C=O) groups excluding carboxylic acids is 2. The van der Waals surface area contributed by atoms with Gasteiger partial charge in [0, 0.05) is 6.54 Å². The van der Waals surface area contributed by atoms with Crippen LogP contribution in [0.15, 0.2) is 42.5 Å². The monoisotopic (exact) mass is 385 g/mol. The molecule has 0 fully saturated rings. The third-order valence-corrected chi connectivity index (χ3v) is 4.68. The fourth-order valence-corrected chi connectivity index (χ4v) is 3.19. The Labute approximate surface area is 163 Å². The molecular formula is C21H23NO6. The van der Waals surface area contributed by atoms with Gasteiger partial charge >= 0.3 is 11.9 Å². The first-order valence-corrected chi connectivity index (χ1v) is 8.87. The highest BCUT2D eigenvalue weighted by atomic mass is 16.5. The molecule has 0 aliphatic carbocycles. The molecule has 1 heterocycles. The lowest BCUT2D eigenvalue weighted by molar-refractivity contribution is -0.154. The highest BCUT2D eigenvalue weighted by molar-refractivity contribution is 6.01. The molecule has 0 saturated carbocycles. The summed E-state index contributed by atoms with van der Waals surface area (Å²) in [5.74, 6) is -0.954. The van der Waals surface area contributed by atoms with Gasteiger partial charge in [-0.3, -0.25) is 9.59 Å². The number of nitrogens with zero attached hydrogens (tertiary/aromatic N) is 1. The number of esters is 2. The lowest BCUT2D eigenvalue weighted by Crippen LogP contribution is -2.32. The topological polar surface area (TPSA) is 74.3 Å². The molecule has 28 heavy (non-hydrogen) atoms. The smallest absolute Gasteiger partial charge is 0.324 e. The van der Waals surface area contributed by atoms with Crippen molar-refractivity contribution in [2.24, 2.45) is 0 Å². The number of anilines is 1. The van der Waals surface area contributed by atoms with Crippen LogP contribution in [0.4, 0.5) is 5.69 Å². The number of benzene rings is 2. The minimum Gasteiger partial charge on any atom is -0.497 e. The molecule has 0 saturated heterocycles. The van der Waals surface area contributed by atoms with Crippen LogP contribution in [0.2, 0.25) is 0 Å². The number of fused-ring (bicyclic) bond motifs is 1. The Morgan fingerprint density at radius 2 is 1.71 bits per heavy atom. The summed E-state index contributed by atoms with van der Waals surface area (Å²) in [6, 6.07) is 13.1. The van der Waals surface area contributed by atoms with Gasteiger partial charge in [0.15, 0.2) is 5.92 Å². The van der Waals surface area contributed by atoms with Crippen molar-refractivity contribution in [2.45, 2.75) is 12.5 Å². The van der Waals surface area contributed by atoms with Gasteiger partial charge in [0.25, 0.3) is 0 Å². The quantitative estimate of drug-likeness (QED) is 0.559. The van der Waals surface area contributed by atoms with Gasteiger partial charge in [-0.25, -0.2) is 0 Å². The molecule has 148 valence electrons. The summed E-state index contributed by atoms with van der Waals surface area (Å²) in [6.07, 6.45) is 0. The highest BCUT2D eigenvalue weighted by Crippen LogP contribution is 2.36. The summed E-state index contributed by atoms with van der Waals surface area (Å²) in [7, 11) is 4.12. The van der Waals surface area contributed by atoms with Crippen molar-refractivity contribution < 1.29 is 28.5 Å². The van der Waals surface area contributed by atoms with Gasteiger partial charge in [-0.2, -0.15) is 0 Å². The molecule has 0 bridgehead atoms. The molecule has 0 radical (unpaired) electrons. The van der Waals surface area contributed by atoms with Crippen LogP contribution >= 0.6 is 0 Å². The molecular weight excluding hydrogens is 362 g/mol. The first-order valence-electron chi connectivity index (χ1n) is 8.87. The molecule has 0 atom stereocenters. The second-order valence-corrected chi connectivity index (χ2v) is 6.32. The van der Waals surface area contributed by atoms with E-state index < -0.39 is 17.9 Å². The minimum atomic E-state index is -1.13. The number of ether oxygens (including phenoxy) is 4. The van der Waals surface area contributed by atoms with Crippen LogP contribution in [0.5, 0.6) is 11.5 Å². The summed E-state index contributed by atoms with van der Waals surface area (Å²) in [6.45, 7) is 1.90. The first-order chi connectivity index (χ1) is 13.6. The third-order valence-electron chi connectivity index (χ3n) is 4.68. The fourth-order valence-electron chi connectivity index (χ4n) is 3.19. The fraction of sp³-hybridized carbons (Fsp3) is 0.333. The SMILES string of the molecule is COC(=O)C(C(=O)OC)c1ccc2c(c1)N(Cc1ccc(OC)cc1)CCO2. The second kappa shape index (κ2) is 8.65. The van der Waals surface area contributed by atoms with Crippen molar-refractivity contribution in [3.63, 3.8) is 0 Å². The van der Waals surface area contributed by atoms with E-state index in [1.54, 1.807) is 25.3 Å². The zero-order valence-corrected chi connectivity index (χ0v) is 16.1. The van der Waals surface area contributed by atoms with Gasteiger partial charge < -0.3 is 23.8 Å². The number of carbonyl (C=O) groups is 2. The first kappa shape index (κ1) is 19.5. The lowest BCUT2D eigenvalue weighted by Gasteiger charge is -2.32. The maximum Gasteiger partial charge on any atom is 0.324 e. The summed E-state index contributed by atoms with van der Waals surface area (Å²) in [4.78, 5) is 26.4. The van der Waals surface area contributed by atoms with E-state index in [9.17, 15) is 9.59 Å². The molecule has 7 nitrogen and oxygen atoms in total. The number of hydrogen-bond donors (Lipinski definition) is 0. The maximum atomic E-state index is 12.1. The zero-order chi connectivity index (χ0) is 20.1.